The van der Waals surface area contributed by atoms with Gasteiger partial charge in [0, 0.05) is 12.2 Å². The van der Waals surface area contributed by atoms with Crippen molar-refractivity contribution in [3.8, 4) is 0 Å². The minimum absolute atomic E-state index is 0.0223. The zero-order valence-electron chi connectivity index (χ0n) is 11.9. The first-order chi connectivity index (χ1) is 10.0. The molecule has 3 rings (SSSR count). The van der Waals surface area contributed by atoms with E-state index in [0.717, 1.165) is 19.3 Å². The number of hydrogen-bond acceptors (Lipinski definition) is 4. The van der Waals surface area contributed by atoms with Crippen molar-refractivity contribution in [1.29, 1.82) is 0 Å². The van der Waals surface area contributed by atoms with Crippen LogP contribution in [0.25, 0.3) is 0 Å². The zero-order chi connectivity index (χ0) is 15.2. The van der Waals surface area contributed by atoms with Gasteiger partial charge < -0.3 is 4.90 Å². The predicted molar refractivity (Wildman–Crippen MR) is 83.4 cm³/mol. The lowest BCUT2D eigenvalue weighted by Crippen LogP contribution is -2.68. The van der Waals surface area contributed by atoms with Crippen molar-refractivity contribution in [2.24, 2.45) is 0 Å². The van der Waals surface area contributed by atoms with Crippen LogP contribution in [0.3, 0.4) is 0 Å². The molecule has 1 amide bonds. The predicted octanol–water partition coefficient (Wildman–Crippen LogP) is 2.92. The van der Waals surface area contributed by atoms with Crippen LogP contribution < -0.4 is 9.80 Å². The second-order valence-electron chi connectivity index (χ2n) is 5.44. The van der Waals surface area contributed by atoms with Crippen molar-refractivity contribution in [2.75, 3.05) is 9.80 Å². The first-order valence-corrected chi connectivity index (χ1v) is 7.33. The van der Waals surface area contributed by atoms with E-state index in [-0.39, 0.29) is 17.2 Å². The van der Waals surface area contributed by atoms with Gasteiger partial charge in [0.1, 0.15) is 11.2 Å². The highest BCUT2D eigenvalue weighted by Crippen LogP contribution is 2.49. The molecule has 1 atom stereocenters. The van der Waals surface area contributed by atoms with Gasteiger partial charge in [-0.05, 0) is 37.8 Å². The van der Waals surface area contributed by atoms with Crippen LogP contribution in [0.5, 0.6) is 0 Å². The quantitative estimate of drug-likeness (QED) is 0.636. The van der Waals surface area contributed by atoms with Crippen LogP contribution in [0.4, 0.5) is 11.5 Å². The van der Waals surface area contributed by atoms with Crippen molar-refractivity contribution in [3.05, 3.63) is 36.9 Å². The van der Waals surface area contributed by atoms with Crippen LogP contribution in [0.2, 0.25) is 5.28 Å². The molecule has 1 spiro atoms. The van der Waals surface area contributed by atoms with Gasteiger partial charge >= 0.3 is 0 Å². The first kappa shape index (κ1) is 14.1. The molecule has 1 aromatic heterocycles. The highest BCUT2D eigenvalue weighted by molar-refractivity contribution is 6.28. The van der Waals surface area contributed by atoms with E-state index in [2.05, 4.69) is 23.1 Å². The summed E-state index contributed by atoms with van der Waals surface area (Å²) in [5.74, 6) is 0.692. The maximum absolute atomic E-state index is 12.9. The number of rotatable bonds is 3. The number of aromatic nitrogens is 2. The van der Waals surface area contributed by atoms with Crippen molar-refractivity contribution in [3.63, 3.8) is 0 Å². The van der Waals surface area contributed by atoms with Crippen LogP contribution in [-0.4, -0.2) is 27.5 Å². The monoisotopic (exact) mass is 304 g/mol. The minimum Gasteiger partial charge on any atom is -0.334 e. The van der Waals surface area contributed by atoms with E-state index in [4.69, 9.17) is 11.6 Å². The summed E-state index contributed by atoms with van der Waals surface area (Å²) in [7, 11) is 0. The van der Waals surface area contributed by atoms with E-state index in [1.165, 1.54) is 11.1 Å². The Hall–Kier alpha value is -1.88. The second kappa shape index (κ2) is 4.84. The molecule has 1 aliphatic carbocycles. The Bertz CT molecular complexity index is 626. The number of fused-ring (bicyclic) bond motifs is 1. The third-order valence-corrected chi connectivity index (χ3v) is 4.58. The number of halogens is 1. The van der Waals surface area contributed by atoms with Crippen LogP contribution in [0, 0.1) is 0 Å². The number of amides is 1. The van der Waals surface area contributed by atoms with Gasteiger partial charge in [-0.3, -0.25) is 9.69 Å². The average molecular weight is 305 g/mol. The lowest BCUT2D eigenvalue weighted by molar-refractivity contribution is -0.126. The van der Waals surface area contributed by atoms with Gasteiger partial charge in [-0.25, -0.2) is 4.98 Å². The molecule has 1 aliphatic heterocycles. The average Bonchev–Trinajstić information content (AvgIpc) is 2.43. The molecular weight excluding hydrogens is 288 g/mol. The molecule has 6 heteroatoms. The van der Waals surface area contributed by atoms with Gasteiger partial charge in [-0.1, -0.05) is 12.7 Å². The first-order valence-electron chi connectivity index (χ1n) is 6.96. The fourth-order valence-corrected chi connectivity index (χ4v) is 3.30. The van der Waals surface area contributed by atoms with Crippen LogP contribution >= 0.6 is 11.6 Å². The molecule has 0 saturated heterocycles. The van der Waals surface area contributed by atoms with Crippen molar-refractivity contribution >= 4 is 29.0 Å². The molecule has 110 valence electrons. The SMILES string of the molecule is C=CC(C)N1c2nc(Cl)ncc2N(C=C)C(=O)C12CCC2. The maximum Gasteiger partial charge on any atom is 0.257 e. The van der Waals surface area contributed by atoms with Gasteiger partial charge in [-0.2, -0.15) is 4.98 Å². The summed E-state index contributed by atoms with van der Waals surface area (Å²) in [6, 6.07) is -0.0223. The Morgan fingerprint density at radius 2 is 2.19 bits per heavy atom. The molecular formula is C15H17ClN4O. The van der Waals surface area contributed by atoms with Crippen molar-refractivity contribution in [1.82, 2.24) is 9.97 Å². The van der Waals surface area contributed by atoms with Gasteiger partial charge in [0.05, 0.1) is 6.20 Å². The smallest absolute Gasteiger partial charge is 0.257 e. The fourth-order valence-electron chi connectivity index (χ4n) is 3.17. The summed E-state index contributed by atoms with van der Waals surface area (Å²) >= 11 is 5.97. The van der Waals surface area contributed by atoms with Crippen molar-refractivity contribution < 1.29 is 4.79 Å². The third kappa shape index (κ3) is 1.80. The Labute approximate surface area is 128 Å². The Balaban J connectivity index is 2.25. The number of anilines is 2. The fraction of sp³-hybridized carbons (Fsp3) is 0.400. The van der Waals surface area contributed by atoms with Crippen LogP contribution in [-0.2, 0) is 4.79 Å². The highest BCUT2D eigenvalue weighted by atomic mass is 35.5. The summed E-state index contributed by atoms with van der Waals surface area (Å²) in [4.78, 5) is 24.9. The van der Waals surface area contributed by atoms with E-state index in [1.54, 1.807) is 6.20 Å². The molecule has 0 radical (unpaired) electrons. The summed E-state index contributed by atoms with van der Waals surface area (Å²) in [5, 5.41) is 0.169. The molecule has 1 unspecified atom stereocenters. The van der Waals surface area contributed by atoms with Gasteiger partial charge in [0.2, 0.25) is 5.28 Å². The van der Waals surface area contributed by atoms with E-state index in [0.29, 0.717) is 11.5 Å². The second-order valence-corrected chi connectivity index (χ2v) is 5.78. The van der Waals surface area contributed by atoms with Crippen LogP contribution in [0.15, 0.2) is 31.6 Å². The summed E-state index contributed by atoms with van der Waals surface area (Å²) in [6.45, 7) is 9.61. The topological polar surface area (TPSA) is 49.3 Å². The third-order valence-electron chi connectivity index (χ3n) is 4.40. The van der Waals surface area contributed by atoms with Crippen LogP contribution in [0.1, 0.15) is 26.2 Å². The van der Waals surface area contributed by atoms with E-state index in [9.17, 15) is 4.79 Å². The Kier molecular flexibility index (Phi) is 3.24. The molecule has 2 aliphatic rings. The lowest BCUT2D eigenvalue weighted by Gasteiger charge is -2.55. The van der Waals surface area contributed by atoms with Gasteiger partial charge in [0.25, 0.3) is 5.91 Å². The number of nitrogens with zero attached hydrogens (tertiary/aromatic N) is 4. The van der Waals surface area contributed by atoms with E-state index >= 15 is 0 Å². The van der Waals surface area contributed by atoms with E-state index < -0.39 is 5.54 Å². The van der Waals surface area contributed by atoms with Gasteiger partial charge in [-0.15, -0.1) is 6.58 Å². The zero-order valence-corrected chi connectivity index (χ0v) is 12.7. The number of carbonyl (C=O) groups excluding carboxylic acids is 1. The normalized spacial score (nSPS) is 20.8. The molecule has 0 bridgehead atoms. The molecule has 1 saturated carbocycles. The Morgan fingerprint density at radius 1 is 1.48 bits per heavy atom. The molecule has 2 heterocycles. The van der Waals surface area contributed by atoms with E-state index in [1.807, 2.05) is 17.9 Å². The molecule has 1 aromatic rings. The van der Waals surface area contributed by atoms with Gasteiger partial charge in [0.15, 0.2) is 5.82 Å². The largest absolute Gasteiger partial charge is 0.334 e. The summed E-state index contributed by atoms with van der Waals surface area (Å²) in [5.41, 5.74) is 0.0533. The molecule has 5 nitrogen and oxygen atoms in total. The Morgan fingerprint density at radius 3 is 2.71 bits per heavy atom. The lowest BCUT2D eigenvalue weighted by atomic mass is 9.72. The molecule has 1 fully saturated rings. The maximum atomic E-state index is 12.9. The summed E-state index contributed by atoms with van der Waals surface area (Å²) in [6.07, 6.45) is 7.53. The molecule has 0 aromatic carbocycles. The molecule has 0 N–H and O–H groups in total. The van der Waals surface area contributed by atoms with Crippen molar-refractivity contribution in [2.45, 2.75) is 37.8 Å². The standard InChI is InChI=1S/C15H17ClN4O/c1-4-10(3)20-12-11(9-17-14(16)18-12)19(5-2)13(21)15(20)7-6-8-15/h4-5,9-10H,1-2,6-8H2,3H3. The highest BCUT2D eigenvalue weighted by Gasteiger charge is 2.56. The molecule has 21 heavy (non-hydrogen) atoms. The minimum atomic E-state index is -0.563. The number of hydrogen-bond donors (Lipinski definition) is 0. The number of carbonyl (C=O) groups is 1. The summed E-state index contributed by atoms with van der Waals surface area (Å²) < 4.78 is 0.